The Morgan fingerprint density at radius 1 is 0.733 bits per heavy atom. The minimum Gasteiger partial charge on any atom is -0.465 e. The Labute approximate surface area is 173 Å². The van der Waals surface area contributed by atoms with Gasteiger partial charge in [-0.15, -0.1) is 0 Å². The van der Waals surface area contributed by atoms with Crippen molar-refractivity contribution in [2.24, 2.45) is 0 Å². The van der Waals surface area contributed by atoms with Crippen LogP contribution in [-0.4, -0.2) is 44.3 Å². The summed E-state index contributed by atoms with van der Waals surface area (Å²) in [6, 6.07) is 15.1. The van der Waals surface area contributed by atoms with Crippen molar-refractivity contribution in [2.75, 3.05) is 13.2 Å². The zero-order chi connectivity index (χ0) is 21.1. The van der Waals surface area contributed by atoms with E-state index in [0.29, 0.717) is 24.9 Å². The topological polar surface area (TPSA) is 88.2 Å². The van der Waals surface area contributed by atoms with Gasteiger partial charge in [0.2, 0.25) is 0 Å². The number of hydrogen-bond acceptors (Lipinski definition) is 6. The molecule has 0 saturated heterocycles. The average Bonchev–Trinajstić information content (AvgIpc) is 3.27. The van der Waals surface area contributed by atoms with Crippen LogP contribution in [0.25, 0.3) is 33.7 Å². The van der Waals surface area contributed by atoms with Gasteiger partial charge in [0.15, 0.2) is 11.6 Å². The van der Waals surface area contributed by atoms with Crippen molar-refractivity contribution in [1.29, 1.82) is 0 Å². The maximum absolute atomic E-state index is 12.3. The monoisotopic (exact) mass is 406 g/mol. The summed E-state index contributed by atoms with van der Waals surface area (Å²) in [6.45, 7) is 4.11. The number of carbonyl (C=O) groups is 2. The number of rotatable bonds is 7. The summed E-state index contributed by atoms with van der Waals surface area (Å²) in [5, 5.41) is 0. The fraction of sp³-hybridized carbons (Fsp3) is 0.273. The largest absolute Gasteiger partial charge is 0.465 e. The van der Waals surface area contributed by atoms with Gasteiger partial charge in [0.1, 0.15) is 13.1 Å². The number of imidazole rings is 2. The molecule has 0 fully saturated rings. The Bertz CT molecular complexity index is 1130. The van der Waals surface area contributed by atoms with Crippen LogP contribution in [0.3, 0.4) is 0 Å². The van der Waals surface area contributed by atoms with Gasteiger partial charge in [-0.3, -0.25) is 9.59 Å². The van der Waals surface area contributed by atoms with Crippen LogP contribution in [0.15, 0.2) is 48.5 Å². The Kier molecular flexibility index (Phi) is 5.47. The van der Waals surface area contributed by atoms with E-state index in [0.717, 1.165) is 22.1 Å². The van der Waals surface area contributed by atoms with Crippen LogP contribution in [0.1, 0.15) is 13.8 Å². The van der Waals surface area contributed by atoms with Crippen LogP contribution >= 0.6 is 0 Å². The third-order valence-electron chi connectivity index (χ3n) is 4.69. The molecule has 0 radical (unpaired) electrons. The van der Waals surface area contributed by atoms with E-state index < -0.39 is 0 Å². The molecule has 0 bridgehead atoms. The molecule has 4 aromatic rings. The molecule has 0 spiro atoms. The predicted octanol–water partition coefficient (Wildman–Crippen LogP) is 3.18. The van der Waals surface area contributed by atoms with Gasteiger partial charge in [-0.05, 0) is 38.1 Å². The zero-order valence-corrected chi connectivity index (χ0v) is 16.9. The van der Waals surface area contributed by atoms with Gasteiger partial charge in [-0.25, -0.2) is 9.97 Å². The standard InChI is InChI=1S/C22H22N4O4/c1-3-29-19(27)13-25-17-11-7-5-9-15(17)23-21(25)22-24-16-10-6-8-12-18(16)26(22)14-20(28)30-4-2/h5-12H,3-4,13-14H2,1-2H3. The first-order valence-electron chi connectivity index (χ1n) is 9.84. The van der Waals surface area contributed by atoms with Gasteiger partial charge >= 0.3 is 11.9 Å². The minimum absolute atomic E-state index is 0.00764. The van der Waals surface area contributed by atoms with Crippen molar-refractivity contribution in [1.82, 2.24) is 19.1 Å². The van der Waals surface area contributed by atoms with E-state index in [9.17, 15) is 9.59 Å². The quantitative estimate of drug-likeness (QED) is 0.438. The SMILES string of the molecule is CCOC(=O)Cn1c(-c2nc3ccccc3n2CC(=O)OCC)nc2ccccc21. The van der Waals surface area contributed by atoms with Crippen LogP contribution in [0, 0.1) is 0 Å². The lowest BCUT2D eigenvalue weighted by Gasteiger charge is -2.11. The van der Waals surface area contributed by atoms with Crippen molar-refractivity contribution >= 4 is 34.0 Å². The predicted molar refractivity (Wildman–Crippen MR) is 112 cm³/mol. The summed E-state index contributed by atoms with van der Waals surface area (Å²) in [7, 11) is 0. The van der Waals surface area contributed by atoms with E-state index in [4.69, 9.17) is 19.4 Å². The molecule has 0 N–H and O–H groups in total. The zero-order valence-electron chi connectivity index (χ0n) is 16.9. The second-order valence-corrected chi connectivity index (χ2v) is 6.63. The van der Waals surface area contributed by atoms with Crippen LogP contribution < -0.4 is 0 Å². The third-order valence-corrected chi connectivity index (χ3v) is 4.69. The number of nitrogens with zero attached hydrogens (tertiary/aromatic N) is 4. The van der Waals surface area contributed by atoms with Crippen LogP contribution in [0.5, 0.6) is 0 Å². The van der Waals surface area contributed by atoms with Gasteiger partial charge in [0.05, 0.1) is 35.3 Å². The van der Waals surface area contributed by atoms with E-state index in [1.165, 1.54) is 0 Å². The molecule has 8 nitrogen and oxygen atoms in total. The molecule has 2 heterocycles. The van der Waals surface area contributed by atoms with E-state index in [1.54, 1.807) is 23.0 Å². The number of aromatic nitrogens is 4. The summed E-state index contributed by atoms with van der Waals surface area (Å²) in [5.41, 5.74) is 3.03. The second kappa shape index (κ2) is 8.36. The Balaban J connectivity index is 1.91. The van der Waals surface area contributed by atoms with Crippen molar-refractivity contribution in [3.63, 3.8) is 0 Å². The lowest BCUT2D eigenvalue weighted by atomic mass is 10.3. The first kappa shape index (κ1) is 19.6. The normalized spacial score (nSPS) is 11.1. The molecule has 0 saturated carbocycles. The molecule has 2 aromatic carbocycles. The number of carbonyl (C=O) groups excluding carboxylic acids is 2. The number of ether oxygens (including phenoxy) is 2. The minimum atomic E-state index is -0.366. The molecule has 2 aromatic heterocycles. The lowest BCUT2D eigenvalue weighted by molar-refractivity contribution is -0.144. The summed E-state index contributed by atoms with van der Waals surface area (Å²) < 4.78 is 13.9. The van der Waals surface area contributed by atoms with Gasteiger partial charge < -0.3 is 18.6 Å². The number of benzene rings is 2. The number of fused-ring (bicyclic) bond motifs is 2. The summed E-state index contributed by atoms with van der Waals surface area (Å²) >= 11 is 0. The van der Waals surface area contributed by atoms with Crippen LogP contribution in [0.4, 0.5) is 0 Å². The Morgan fingerprint density at radius 3 is 1.53 bits per heavy atom. The van der Waals surface area contributed by atoms with Crippen molar-refractivity contribution in [3.05, 3.63) is 48.5 Å². The Hall–Kier alpha value is -3.68. The van der Waals surface area contributed by atoms with E-state index >= 15 is 0 Å². The average molecular weight is 406 g/mol. The molecular formula is C22H22N4O4. The highest BCUT2D eigenvalue weighted by atomic mass is 16.5. The van der Waals surface area contributed by atoms with Crippen LogP contribution in [-0.2, 0) is 32.2 Å². The Morgan fingerprint density at radius 2 is 1.13 bits per heavy atom. The fourth-order valence-corrected chi connectivity index (χ4v) is 3.48. The highest BCUT2D eigenvalue weighted by Crippen LogP contribution is 2.28. The van der Waals surface area contributed by atoms with Crippen molar-refractivity contribution in [2.45, 2.75) is 26.9 Å². The van der Waals surface area contributed by atoms with Gasteiger partial charge in [0.25, 0.3) is 0 Å². The molecule has 0 aliphatic rings. The molecular weight excluding hydrogens is 384 g/mol. The molecule has 0 amide bonds. The molecule has 8 heteroatoms. The smallest absolute Gasteiger partial charge is 0.326 e. The van der Waals surface area contributed by atoms with E-state index in [1.807, 2.05) is 48.5 Å². The third kappa shape index (κ3) is 3.63. The maximum atomic E-state index is 12.3. The van der Waals surface area contributed by atoms with E-state index in [-0.39, 0.29) is 25.0 Å². The van der Waals surface area contributed by atoms with Crippen molar-refractivity contribution < 1.29 is 19.1 Å². The van der Waals surface area contributed by atoms with E-state index in [2.05, 4.69) is 0 Å². The van der Waals surface area contributed by atoms with Gasteiger partial charge in [-0.1, -0.05) is 24.3 Å². The lowest BCUT2D eigenvalue weighted by Crippen LogP contribution is -2.17. The molecule has 0 aliphatic carbocycles. The summed E-state index contributed by atoms with van der Waals surface area (Å²) in [6.07, 6.45) is 0. The first-order valence-corrected chi connectivity index (χ1v) is 9.84. The summed E-state index contributed by atoms with van der Waals surface area (Å²) in [4.78, 5) is 34.0. The number of para-hydroxylation sites is 4. The van der Waals surface area contributed by atoms with Gasteiger partial charge in [0, 0.05) is 0 Å². The van der Waals surface area contributed by atoms with Crippen molar-refractivity contribution in [3.8, 4) is 11.6 Å². The fourth-order valence-electron chi connectivity index (χ4n) is 3.48. The molecule has 4 rings (SSSR count). The molecule has 0 atom stereocenters. The number of esters is 2. The molecule has 0 aliphatic heterocycles. The van der Waals surface area contributed by atoms with Gasteiger partial charge in [-0.2, -0.15) is 0 Å². The molecule has 0 unspecified atom stereocenters. The summed E-state index contributed by atoms with van der Waals surface area (Å²) in [5.74, 6) is 0.249. The maximum Gasteiger partial charge on any atom is 0.326 e. The highest BCUT2D eigenvalue weighted by Gasteiger charge is 2.22. The molecule has 30 heavy (non-hydrogen) atoms. The highest BCUT2D eigenvalue weighted by molar-refractivity contribution is 5.86. The number of hydrogen-bond donors (Lipinski definition) is 0. The van der Waals surface area contributed by atoms with Crippen LogP contribution in [0.2, 0.25) is 0 Å². The molecule has 154 valence electrons. The first-order chi connectivity index (χ1) is 14.6. The second-order valence-electron chi connectivity index (χ2n) is 6.63.